The van der Waals surface area contributed by atoms with Crippen molar-refractivity contribution in [2.24, 2.45) is 0 Å². The molecule has 1 aliphatic rings. The van der Waals surface area contributed by atoms with Crippen molar-refractivity contribution in [3.63, 3.8) is 0 Å². The zero-order chi connectivity index (χ0) is 13.2. The Kier molecular flexibility index (Phi) is 3.19. The fourth-order valence-electron chi connectivity index (χ4n) is 2.63. The minimum absolute atomic E-state index is 0.0442. The Morgan fingerprint density at radius 3 is 2.89 bits per heavy atom. The van der Waals surface area contributed by atoms with Gasteiger partial charge in [-0.1, -0.05) is 12.8 Å². The zero-order valence-corrected chi connectivity index (χ0v) is 11.1. The van der Waals surface area contributed by atoms with Crippen molar-refractivity contribution in [1.29, 1.82) is 0 Å². The Bertz CT molecular complexity index is 578. The molecule has 0 amide bonds. The first kappa shape index (κ1) is 12.1. The van der Waals surface area contributed by atoms with E-state index >= 15 is 0 Å². The van der Waals surface area contributed by atoms with Crippen LogP contribution >= 0.6 is 0 Å². The highest BCUT2D eigenvalue weighted by molar-refractivity contribution is 5.93. The van der Waals surface area contributed by atoms with Crippen LogP contribution in [-0.4, -0.2) is 25.3 Å². The summed E-state index contributed by atoms with van der Waals surface area (Å²) in [5.74, 6) is 0.0442. The van der Waals surface area contributed by atoms with Crippen molar-refractivity contribution < 1.29 is 4.79 Å². The molecule has 1 aliphatic carbocycles. The van der Waals surface area contributed by atoms with Crippen LogP contribution in [0.15, 0.2) is 24.7 Å². The molecule has 1 fully saturated rings. The van der Waals surface area contributed by atoms with Gasteiger partial charge in [0.1, 0.15) is 0 Å². The number of carbonyl (C=O) groups is 1. The minimum Gasteiger partial charge on any atom is -0.294 e. The van der Waals surface area contributed by atoms with Gasteiger partial charge < -0.3 is 0 Å². The summed E-state index contributed by atoms with van der Waals surface area (Å²) >= 11 is 0. The molecule has 19 heavy (non-hydrogen) atoms. The van der Waals surface area contributed by atoms with Crippen LogP contribution in [0.4, 0.5) is 0 Å². The van der Waals surface area contributed by atoms with Crippen LogP contribution < -0.4 is 0 Å². The van der Waals surface area contributed by atoms with Gasteiger partial charge in [-0.25, -0.2) is 0 Å². The summed E-state index contributed by atoms with van der Waals surface area (Å²) in [6.45, 7) is 2.17. The molecule has 0 aliphatic heterocycles. The maximum atomic E-state index is 11.2. The quantitative estimate of drug-likeness (QED) is 0.791. The summed E-state index contributed by atoms with van der Waals surface area (Å²) in [7, 11) is 0. The predicted molar refractivity (Wildman–Crippen MR) is 71.1 cm³/mol. The predicted octanol–water partition coefficient (Wildman–Crippen LogP) is 2.45. The molecular formula is C14H18N4O. The largest absolute Gasteiger partial charge is 0.294 e. The van der Waals surface area contributed by atoms with Crippen LogP contribution in [0.3, 0.4) is 0 Å². The minimum atomic E-state index is 0.0442. The van der Waals surface area contributed by atoms with Gasteiger partial charge in [-0.15, -0.1) is 0 Å². The molecule has 0 saturated heterocycles. The van der Waals surface area contributed by atoms with Crippen LogP contribution in [0.1, 0.15) is 54.7 Å². The molecule has 0 radical (unpaired) electrons. The Morgan fingerprint density at radius 2 is 2.21 bits per heavy atom. The molecule has 2 heterocycles. The fourth-order valence-corrected chi connectivity index (χ4v) is 2.63. The summed E-state index contributed by atoms with van der Waals surface area (Å²) in [6, 6.07) is 2.60. The van der Waals surface area contributed by atoms with Gasteiger partial charge in [0.2, 0.25) is 0 Å². The van der Waals surface area contributed by atoms with E-state index < -0.39 is 0 Å². The van der Waals surface area contributed by atoms with Gasteiger partial charge in [0.15, 0.2) is 5.78 Å². The van der Waals surface area contributed by atoms with Crippen LogP contribution in [-0.2, 0) is 6.54 Å². The van der Waals surface area contributed by atoms with Gasteiger partial charge in [0, 0.05) is 12.4 Å². The topological polar surface area (TPSA) is 52.7 Å². The third kappa shape index (κ3) is 2.59. The molecule has 0 spiro atoms. The molecule has 0 atom stereocenters. The van der Waals surface area contributed by atoms with E-state index in [-0.39, 0.29) is 5.78 Å². The SMILES string of the molecule is CC(=O)c1cnn(Cc2ccn(C3CCCC3)n2)c1. The molecular weight excluding hydrogens is 240 g/mol. The zero-order valence-electron chi connectivity index (χ0n) is 11.1. The van der Waals surface area contributed by atoms with Gasteiger partial charge in [0.25, 0.3) is 0 Å². The Labute approximate surface area is 112 Å². The van der Waals surface area contributed by atoms with Crippen LogP contribution in [0, 0.1) is 0 Å². The monoisotopic (exact) mass is 258 g/mol. The molecule has 3 rings (SSSR count). The third-order valence-corrected chi connectivity index (χ3v) is 3.73. The maximum Gasteiger partial charge on any atom is 0.162 e. The summed E-state index contributed by atoms with van der Waals surface area (Å²) < 4.78 is 3.84. The van der Waals surface area contributed by atoms with E-state index in [9.17, 15) is 4.79 Å². The van der Waals surface area contributed by atoms with E-state index in [2.05, 4.69) is 21.1 Å². The normalized spacial score (nSPS) is 16.1. The van der Waals surface area contributed by atoms with Gasteiger partial charge >= 0.3 is 0 Å². The molecule has 0 bridgehead atoms. The van der Waals surface area contributed by atoms with Crippen LogP contribution in [0.5, 0.6) is 0 Å². The Morgan fingerprint density at radius 1 is 1.42 bits per heavy atom. The van der Waals surface area contributed by atoms with Gasteiger partial charge in [0.05, 0.1) is 30.0 Å². The lowest BCUT2D eigenvalue weighted by Gasteiger charge is -2.08. The first-order chi connectivity index (χ1) is 9.22. The second-order valence-electron chi connectivity index (χ2n) is 5.21. The second kappa shape index (κ2) is 4.99. The number of nitrogens with zero attached hydrogens (tertiary/aromatic N) is 4. The highest BCUT2D eigenvalue weighted by atomic mass is 16.1. The van der Waals surface area contributed by atoms with Crippen molar-refractivity contribution in [3.05, 3.63) is 35.9 Å². The van der Waals surface area contributed by atoms with Crippen molar-refractivity contribution in [3.8, 4) is 0 Å². The van der Waals surface area contributed by atoms with E-state index in [1.807, 2.05) is 6.07 Å². The van der Waals surface area contributed by atoms with Gasteiger partial charge in [-0.05, 0) is 25.8 Å². The number of hydrogen-bond acceptors (Lipinski definition) is 3. The molecule has 0 N–H and O–H groups in total. The lowest BCUT2D eigenvalue weighted by atomic mass is 10.3. The Hall–Kier alpha value is -1.91. The molecule has 2 aromatic heterocycles. The first-order valence-corrected chi connectivity index (χ1v) is 6.80. The fraction of sp³-hybridized carbons (Fsp3) is 0.500. The highest BCUT2D eigenvalue weighted by Gasteiger charge is 2.17. The third-order valence-electron chi connectivity index (χ3n) is 3.73. The van der Waals surface area contributed by atoms with Crippen LogP contribution in [0.25, 0.3) is 0 Å². The van der Waals surface area contributed by atoms with E-state index in [1.165, 1.54) is 25.7 Å². The van der Waals surface area contributed by atoms with Crippen molar-refractivity contribution in [2.75, 3.05) is 0 Å². The number of carbonyl (C=O) groups excluding carboxylic acids is 1. The lowest BCUT2D eigenvalue weighted by Crippen LogP contribution is -2.07. The van der Waals surface area contributed by atoms with Crippen molar-refractivity contribution in [2.45, 2.75) is 45.2 Å². The molecule has 2 aromatic rings. The number of Topliss-reactive ketones (excluding diaryl/α,β-unsaturated/α-hetero) is 1. The number of hydrogen-bond donors (Lipinski definition) is 0. The molecule has 1 saturated carbocycles. The summed E-state index contributed by atoms with van der Waals surface area (Å²) in [6.07, 6.45) is 10.5. The summed E-state index contributed by atoms with van der Waals surface area (Å²) in [5, 5.41) is 8.80. The first-order valence-electron chi connectivity index (χ1n) is 6.80. The number of aromatic nitrogens is 4. The second-order valence-corrected chi connectivity index (χ2v) is 5.21. The van der Waals surface area contributed by atoms with Gasteiger partial charge in [-0.3, -0.25) is 14.2 Å². The molecule has 5 nitrogen and oxygen atoms in total. The highest BCUT2D eigenvalue weighted by Crippen LogP contribution is 2.28. The summed E-state index contributed by atoms with van der Waals surface area (Å²) in [5.41, 5.74) is 1.64. The van der Waals surface area contributed by atoms with E-state index in [4.69, 9.17) is 0 Å². The molecule has 100 valence electrons. The number of ketones is 1. The average Bonchev–Trinajstić information content (AvgIpc) is 3.09. The maximum absolute atomic E-state index is 11.2. The standard InChI is InChI=1S/C14H18N4O/c1-11(19)12-8-15-17(9-12)10-13-6-7-18(16-13)14-4-2-3-5-14/h6-9,14H,2-5,10H2,1H3. The lowest BCUT2D eigenvalue weighted by molar-refractivity contribution is 0.101. The van der Waals surface area contributed by atoms with Crippen LogP contribution in [0.2, 0.25) is 0 Å². The average molecular weight is 258 g/mol. The van der Waals surface area contributed by atoms with E-state index in [0.29, 0.717) is 18.2 Å². The van der Waals surface area contributed by atoms with Crippen molar-refractivity contribution in [1.82, 2.24) is 19.6 Å². The molecule has 0 aromatic carbocycles. The van der Waals surface area contributed by atoms with E-state index in [1.54, 1.807) is 24.0 Å². The smallest absolute Gasteiger partial charge is 0.162 e. The Balaban J connectivity index is 1.70. The van der Waals surface area contributed by atoms with Gasteiger partial charge in [-0.2, -0.15) is 10.2 Å². The van der Waals surface area contributed by atoms with Crippen molar-refractivity contribution >= 4 is 5.78 Å². The molecule has 0 unspecified atom stereocenters. The molecule has 5 heteroatoms. The van der Waals surface area contributed by atoms with E-state index in [0.717, 1.165) is 5.69 Å². The number of rotatable bonds is 4. The summed E-state index contributed by atoms with van der Waals surface area (Å²) in [4.78, 5) is 11.2.